The monoisotopic (exact) mass is 403 g/mol. The molecule has 1 fully saturated rings. The van der Waals surface area contributed by atoms with Crippen LogP contribution < -0.4 is 10.6 Å². The summed E-state index contributed by atoms with van der Waals surface area (Å²) in [5.41, 5.74) is 2.38. The molecule has 1 aliphatic rings. The van der Waals surface area contributed by atoms with Crippen LogP contribution in [0.3, 0.4) is 0 Å². The molecule has 6 nitrogen and oxygen atoms in total. The number of carbonyl (C=O) groups is 3. The lowest BCUT2D eigenvalue weighted by molar-refractivity contribution is -0.125. The number of hydrogen-bond acceptors (Lipinski definition) is 4. The lowest BCUT2D eigenvalue weighted by Gasteiger charge is -2.16. The van der Waals surface area contributed by atoms with Crippen LogP contribution in [0.4, 0.5) is 15.3 Å². The molecule has 8 heteroatoms. The van der Waals surface area contributed by atoms with Crippen molar-refractivity contribution in [2.75, 3.05) is 11.1 Å². The van der Waals surface area contributed by atoms with Crippen LogP contribution in [0.15, 0.2) is 48.5 Å². The van der Waals surface area contributed by atoms with E-state index in [4.69, 9.17) is 11.6 Å². The molecule has 140 valence electrons. The summed E-state index contributed by atoms with van der Waals surface area (Å²) in [6, 6.07) is 13.8. The maximum absolute atomic E-state index is 12.2. The summed E-state index contributed by atoms with van der Waals surface area (Å²) < 4.78 is 0. The number of hydrogen-bond donors (Lipinski definition) is 2. The van der Waals surface area contributed by atoms with Crippen LogP contribution in [-0.2, 0) is 11.3 Å². The van der Waals surface area contributed by atoms with Gasteiger partial charge in [0.25, 0.3) is 5.24 Å². The number of amides is 4. The number of halogens is 1. The molecule has 1 saturated heterocycles. The molecule has 0 aromatic heterocycles. The maximum atomic E-state index is 12.2. The smallest absolute Gasteiger partial charge is 0.319 e. The zero-order valence-corrected chi connectivity index (χ0v) is 16.1. The van der Waals surface area contributed by atoms with Crippen molar-refractivity contribution in [2.24, 2.45) is 0 Å². The van der Waals surface area contributed by atoms with E-state index < -0.39 is 0 Å². The molecule has 27 heavy (non-hydrogen) atoms. The Morgan fingerprint density at radius 3 is 2.41 bits per heavy atom. The van der Waals surface area contributed by atoms with Gasteiger partial charge in [-0.15, -0.1) is 0 Å². The largest absolute Gasteiger partial charge is 0.331 e. The molecule has 0 bridgehead atoms. The van der Waals surface area contributed by atoms with Crippen molar-refractivity contribution in [3.63, 3.8) is 0 Å². The zero-order chi connectivity index (χ0) is 19.4. The van der Waals surface area contributed by atoms with Crippen molar-refractivity contribution in [1.29, 1.82) is 0 Å². The van der Waals surface area contributed by atoms with Crippen molar-refractivity contribution < 1.29 is 14.4 Å². The summed E-state index contributed by atoms with van der Waals surface area (Å²) in [6.45, 7) is 2.12. The second-order valence-electron chi connectivity index (χ2n) is 6.10. The van der Waals surface area contributed by atoms with Crippen LogP contribution in [0.1, 0.15) is 24.1 Å². The Morgan fingerprint density at radius 1 is 1.15 bits per heavy atom. The Morgan fingerprint density at radius 2 is 1.81 bits per heavy atom. The van der Waals surface area contributed by atoms with Crippen molar-refractivity contribution in [1.82, 2.24) is 10.2 Å². The molecule has 3 rings (SSSR count). The summed E-state index contributed by atoms with van der Waals surface area (Å²) in [6.07, 6.45) is 0. The SMILES string of the molecule is CC(NC(=O)Nc1ccc(CN2C(=O)CSC2=O)cc1)c1ccc(Cl)cc1. The number of nitrogens with zero attached hydrogens (tertiary/aromatic N) is 1. The third kappa shape index (κ3) is 5.02. The molecule has 2 aromatic carbocycles. The van der Waals surface area contributed by atoms with Crippen LogP contribution in [0.25, 0.3) is 0 Å². The van der Waals surface area contributed by atoms with Crippen molar-refractivity contribution in [3.8, 4) is 0 Å². The predicted molar refractivity (Wildman–Crippen MR) is 107 cm³/mol. The fraction of sp³-hybridized carbons (Fsp3) is 0.211. The number of carbonyl (C=O) groups excluding carboxylic acids is 3. The van der Waals surface area contributed by atoms with E-state index in [2.05, 4.69) is 10.6 Å². The second-order valence-corrected chi connectivity index (χ2v) is 7.47. The Hall–Kier alpha value is -2.51. The number of urea groups is 1. The highest BCUT2D eigenvalue weighted by Crippen LogP contribution is 2.22. The highest BCUT2D eigenvalue weighted by molar-refractivity contribution is 8.14. The average molecular weight is 404 g/mol. The van der Waals surface area contributed by atoms with Gasteiger partial charge in [0.1, 0.15) is 0 Å². The first-order chi connectivity index (χ1) is 12.9. The molecule has 0 radical (unpaired) electrons. The van der Waals surface area contributed by atoms with E-state index in [1.54, 1.807) is 36.4 Å². The minimum absolute atomic E-state index is 0.175. The van der Waals surface area contributed by atoms with E-state index >= 15 is 0 Å². The van der Waals surface area contributed by atoms with Crippen LogP contribution >= 0.6 is 23.4 Å². The number of thioether (sulfide) groups is 1. The summed E-state index contributed by atoms with van der Waals surface area (Å²) in [5, 5.41) is 6.04. The molecule has 1 aliphatic heterocycles. The van der Waals surface area contributed by atoms with Gasteiger partial charge in [0.15, 0.2) is 0 Å². The Bertz CT molecular complexity index is 840. The molecule has 2 N–H and O–H groups in total. The van der Waals surface area contributed by atoms with E-state index in [0.29, 0.717) is 10.7 Å². The number of anilines is 1. The summed E-state index contributed by atoms with van der Waals surface area (Å²) >= 11 is 6.88. The molecular formula is C19H18ClN3O3S. The molecule has 0 spiro atoms. The molecule has 1 atom stereocenters. The zero-order valence-electron chi connectivity index (χ0n) is 14.6. The molecular weight excluding hydrogens is 386 g/mol. The third-order valence-corrected chi connectivity index (χ3v) is 5.22. The lowest BCUT2D eigenvalue weighted by Crippen LogP contribution is -2.31. The van der Waals surface area contributed by atoms with Crippen LogP contribution in [-0.4, -0.2) is 27.8 Å². The van der Waals surface area contributed by atoms with Gasteiger partial charge < -0.3 is 10.6 Å². The van der Waals surface area contributed by atoms with Gasteiger partial charge in [-0.05, 0) is 42.3 Å². The quantitative estimate of drug-likeness (QED) is 0.774. The van der Waals surface area contributed by atoms with E-state index in [9.17, 15) is 14.4 Å². The van der Waals surface area contributed by atoms with Gasteiger partial charge in [-0.1, -0.05) is 47.6 Å². The topological polar surface area (TPSA) is 78.5 Å². The second kappa shape index (κ2) is 8.45. The van der Waals surface area contributed by atoms with Gasteiger partial charge in [-0.2, -0.15) is 0 Å². The number of rotatable bonds is 5. The van der Waals surface area contributed by atoms with E-state index in [1.807, 2.05) is 19.1 Å². The summed E-state index contributed by atoms with van der Waals surface area (Å²) in [5.74, 6) is 0.0209. The van der Waals surface area contributed by atoms with E-state index in [-0.39, 0.29) is 35.5 Å². The molecule has 0 saturated carbocycles. The fourth-order valence-corrected chi connectivity index (χ4v) is 3.46. The standard InChI is InChI=1S/C19H18ClN3O3S/c1-12(14-4-6-15(20)7-5-14)21-18(25)22-16-8-2-13(3-9-16)10-23-17(24)11-27-19(23)26/h2-9,12H,10-11H2,1H3,(H2,21,22,25). The molecule has 1 unspecified atom stereocenters. The highest BCUT2D eigenvalue weighted by Gasteiger charge is 2.29. The van der Waals surface area contributed by atoms with Crippen molar-refractivity contribution in [2.45, 2.75) is 19.5 Å². The Balaban J connectivity index is 1.54. The van der Waals surface area contributed by atoms with Gasteiger partial charge in [-0.3, -0.25) is 14.5 Å². The van der Waals surface area contributed by atoms with E-state index in [1.165, 1.54) is 4.90 Å². The van der Waals surface area contributed by atoms with Gasteiger partial charge in [0.2, 0.25) is 5.91 Å². The van der Waals surface area contributed by atoms with Crippen molar-refractivity contribution in [3.05, 3.63) is 64.7 Å². The Kier molecular flexibility index (Phi) is 6.03. The molecule has 4 amide bonds. The first-order valence-corrected chi connectivity index (χ1v) is 9.68. The first-order valence-electron chi connectivity index (χ1n) is 8.31. The third-order valence-electron chi connectivity index (χ3n) is 4.11. The summed E-state index contributed by atoms with van der Waals surface area (Å²) in [4.78, 5) is 36.7. The number of nitrogens with one attached hydrogen (secondary N) is 2. The number of imide groups is 1. The van der Waals surface area contributed by atoms with Crippen LogP contribution in [0, 0.1) is 0 Å². The van der Waals surface area contributed by atoms with Gasteiger partial charge in [0, 0.05) is 10.7 Å². The lowest BCUT2D eigenvalue weighted by atomic mass is 10.1. The van der Waals surface area contributed by atoms with E-state index in [0.717, 1.165) is 22.9 Å². The fourth-order valence-electron chi connectivity index (χ4n) is 2.61. The van der Waals surface area contributed by atoms with Crippen molar-refractivity contribution >= 4 is 46.2 Å². The first kappa shape index (κ1) is 19.3. The summed E-state index contributed by atoms with van der Waals surface area (Å²) in [7, 11) is 0. The molecule has 1 heterocycles. The van der Waals surface area contributed by atoms with Crippen LogP contribution in [0.2, 0.25) is 5.02 Å². The number of benzene rings is 2. The predicted octanol–water partition coefficient (Wildman–Crippen LogP) is 4.42. The van der Waals surface area contributed by atoms with Crippen LogP contribution in [0.5, 0.6) is 0 Å². The van der Waals surface area contributed by atoms with Gasteiger partial charge in [0.05, 0.1) is 18.3 Å². The van der Waals surface area contributed by atoms with Gasteiger partial charge >= 0.3 is 6.03 Å². The normalized spacial score (nSPS) is 15.0. The Labute approximate surface area is 166 Å². The van der Waals surface area contributed by atoms with Gasteiger partial charge in [-0.25, -0.2) is 4.79 Å². The molecule has 2 aromatic rings. The maximum Gasteiger partial charge on any atom is 0.319 e. The molecule has 0 aliphatic carbocycles. The average Bonchev–Trinajstić information content (AvgIpc) is 2.95. The highest BCUT2D eigenvalue weighted by atomic mass is 35.5. The minimum Gasteiger partial charge on any atom is -0.331 e. The minimum atomic E-state index is -0.327.